The van der Waals surface area contributed by atoms with Crippen LogP contribution in [0.4, 0.5) is 5.69 Å². The Balaban J connectivity index is 2.07. The van der Waals surface area contributed by atoms with Gasteiger partial charge in [-0.05, 0) is 12.1 Å². The summed E-state index contributed by atoms with van der Waals surface area (Å²) in [5, 5.41) is 19.7. The van der Waals surface area contributed by atoms with Crippen molar-refractivity contribution in [2.75, 3.05) is 5.73 Å². The number of anilines is 1. The van der Waals surface area contributed by atoms with E-state index >= 15 is 0 Å². The molecule has 1 heterocycles. The molecule has 0 saturated carbocycles. The second kappa shape index (κ2) is 4.82. The summed E-state index contributed by atoms with van der Waals surface area (Å²) in [5.41, 5.74) is 6.51. The molecule has 21 heavy (non-hydrogen) atoms. The van der Waals surface area contributed by atoms with Gasteiger partial charge in [-0.15, -0.1) is 0 Å². The Kier molecular flexibility index (Phi) is 2.98. The highest BCUT2D eigenvalue weighted by Crippen LogP contribution is 2.36. The van der Waals surface area contributed by atoms with Crippen LogP contribution < -0.4 is 10.5 Å². The van der Waals surface area contributed by atoms with Crippen molar-refractivity contribution in [3.63, 3.8) is 0 Å². The van der Waals surface area contributed by atoms with Crippen molar-refractivity contribution in [3.8, 4) is 11.6 Å². The van der Waals surface area contributed by atoms with Crippen LogP contribution in [0.5, 0.6) is 11.6 Å². The Morgan fingerprint density at radius 1 is 1.19 bits per heavy atom. The van der Waals surface area contributed by atoms with E-state index in [1.165, 1.54) is 6.20 Å². The average molecular weight is 284 g/mol. The van der Waals surface area contributed by atoms with Crippen LogP contribution in [0.3, 0.4) is 0 Å². The molecule has 1 aromatic carbocycles. The zero-order valence-corrected chi connectivity index (χ0v) is 10.9. The number of nitrogens with zero attached hydrogens (tertiary/aromatic N) is 1. The van der Waals surface area contributed by atoms with E-state index in [1.807, 2.05) is 0 Å². The van der Waals surface area contributed by atoms with Crippen molar-refractivity contribution in [2.45, 2.75) is 6.42 Å². The number of allylic oxidation sites excluding steroid dienone is 1. The summed E-state index contributed by atoms with van der Waals surface area (Å²) in [7, 11) is 0. The van der Waals surface area contributed by atoms with Gasteiger partial charge in [-0.2, -0.15) is 0 Å². The highest BCUT2D eigenvalue weighted by Gasteiger charge is 2.28. The Bertz CT molecular complexity index is 751. The Morgan fingerprint density at radius 2 is 2.00 bits per heavy atom. The molecule has 106 valence electrons. The van der Waals surface area contributed by atoms with Crippen molar-refractivity contribution < 1.29 is 19.7 Å². The summed E-state index contributed by atoms with van der Waals surface area (Å²) in [6.45, 7) is 0. The lowest BCUT2D eigenvalue weighted by Gasteiger charge is -2.18. The number of benzene rings is 1. The van der Waals surface area contributed by atoms with Gasteiger partial charge in [-0.25, -0.2) is 4.98 Å². The fourth-order valence-electron chi connectivity index (χ4n) is 2.13. The maximum atomic E-state index is 11.9. The van der Waals surface area contributed by atoms with E-state index in [0.717, 1.165) is 0 Å². The zero-order chi connectivity index (χ0) is 15.0. The smallest absolute Gasteiger partial charge is 0.219 e. The van der Waals surface area contributed by atoms with Gasteiger partial charge >= 0.3 is 0 Å². The molecule has 0 atom stereocenters. The standard InChI is InChI=1S/C15H12N2O4/c16-8-4-5-13(17-7-8)21-12-3-1-2-9-10(18)6-11(19)15(20)14(9)12/h1-5,7,19-20H,6,16H2. The average Bonchev–Trinajstić information content (AvgIpc) is 2.47. The van der Waals surface area contributed by atoms with E-state index in [-0.39, 0.29) is 40.9 Å². The number of fused-ring (bicyclic) bond motifs is 1. The van der Waals surface area contributed by atoms with Crippen molar-refractivity contribution in [3.05, 3.63) is 53.4 Å². The topological polar surface area (TPSA) is 106 Å². The number of carbonyl (C=O) groups is 1. The maximum Gasteiger partial charge on any atom is 0.219 e. The predicted molar refractivity (Wildman–Crippen MR) is 76.3 cm³/mol. The first-order valence-corrected chi connectivity index (χ1v) is 6.23. The second-order valence-corrected chi connectivity index (χ2v) is 4.61. The lowest BCUT2D eigenvalue weighted by molar-refractivity contribution is 0.0973. The van der Waals surface area contributed by atoms with E-state index in [2.05, 4.69) is 4.98 Å². The van der Waals surface area contributed by atoms with E-state index in [9.17, 15) is 15.0 Å². The van der Waals surface area contributed by atoms with Crippen molar-refractivity contribution in [1.82, 2.24) is 4.98 Å². The number of nitrogen functional groups attached to an aromatic ring is 1. The second-order valence-electron chi connectivity index (χ2n) is 4.61. The molecule has 0 aliphatic heterocycles. The number of rotatable bonds is 2. The van der Waals surface area contributed by atoms with Crippen LogP contribution in [0.25, 0.3) is 5.76 Å². The maximum absolute atomic E-state index is 11.9. The van der Waals surface area contributed by atoms with Crippen molar-refractivity contribution in [2.24, 2.45) is 0 Å². The van der Waals surface area contributed by atoms with Gasteiger partial charge in [0.15, 0.2) is 11.5 Å². The molecular formula is C15H12N2O4. The minimum Gasteiger partial charge on any atom is -0.508 e. The molecule has 1 aliphatic carbocycles. The molecule has 4 N–H and O–H groups in total. The van der Waals surface area contributed by atoms with Gasteiger partial charge in [-0.1, -0.05) is 12.1 Å². The third-order valence-electron chi connectivity index (χ3n) is 3.14. The van der Waals surface area contributed by atoms with Crippen LogP contribution in [-0.2, 0) is 0 Å². The molecule has 0 radical (unpaired) electrons. The summed E-state index contributed by atoms with van der Waals surface area (Å²) >= 11 is 0. The number of nitrogens with two attached hydrogens (primary N) is 1. The monoisotopic (exact) mass is 284 g/mol. The molecule has 6 heteroatoms. The first-order chi connectivity index (χ1) is 10.1. The van der Waals surface area contributed by atoms with Crippen LogP contribution >= 0.6 is 0 Å². The highest BCUT2D eigenvalue weighted by atomic mass is 16.5. The Hall–Kier alpha value is -3.02. The van der Waals surface area contributed by atoms with Crippen molar-refractivity contribution >= 4 is 17.2 Å². The molecule has 3 rings (SSSR count). The van der Waals surface area contributed by atoms with E-state index in [1.54, 1.807) is 30.3 Å². The van der Waals surface area contributed by atoms with Gasteiger partial charge in [0.25, 0.3) is 0 Å². The van der Waals surface area contributed by atoms with Gasteiger partial charge in [0.05, 0.1) is 23.9 Å². The first-order valence-electron chi connectivity index (χ1n) is 6.23. The van der Waals surface area contributed by atoms with Gasteiger partial charge in [0.1, 0.15) is 11.5 Å². The molecule has 0 saturated heterocycles. The fourth-order valence-corrected chi connectivity index (χ4v) is 2.13. The summed E-state index contributed by atoms with van der Waals surface area (Å²) < 4.78 is 5.57. The van der Waals surface area contributed by atoms with Crippen molar-refractivity contribution in [1.29, 1.82) is 0 Å². The van der Waals surface area contributed by atoms with Gasteiger partial charge in [0, 0.05) is 11.6 Å². The summed E-state index contributed by atoms with van der Waals surface area (Å²) in [6, 6.07) is 7.98. The molecular weight excluding hydrogens is 272 g/mol. The molecule has 0 spiro atoms. The molecule has 0 fully saturated rings. The third-order valence-corrected chi connectivity index (χ3v) is 3.14. The van der Waals surface area contributed by atoms with E-state index in [0.29, 0.717) is 11.3 Å². The SMILES string of the molecule is Nc1ccc(Oc2cccc3c2C(O)=C(O)CC3=O)nc1. The quantitative estimate of drug-likeness (QED) is 0.783. The molecule has 1 aliphatic rings. The molecule has 0 unspecified atom stereocenters. The van der Waals surface area contributed by atoms with Gasteiger partial charge in [0.2, 0.25) is 5.88 Å². The number of carbonyl (C=O) groups excluding carboxylic acids is 1. The number of Topliss-reactive ketones (excluding diaryl/α,β-unsaturated/α-hetero) is 1. The van der Waals surface area contributed by atoms with Crippen LogP contribution in [-0.4, -0.2) is 21.0 Å². The van der Waals surface area contributed by atoms with E-state index in [4.69, 9.17) is 10.5 Å². The number of hydrogen-bond donors (Lipinski definition) is 3. The van der Waals surface area contributed by atoms with Gasteiger partial charge in [-0.3, -0.25) is 4.79 Å². The molecule has 1 aromatic heterocycles. The summed E-state index contributed by atoms with van der Waals surface area (Å²) in [4.78, 5) is 15.9. The number of aromatic nitrogens is 1. The van der Waals surface area contributed by atoms with E-state index < -0.39 is 0 Å². The zero-order valence-electron chi connectivity index (χ0n) is 10.9. The number of pyridine rings is 1. The lowest BCUT2D eigenvalue weighted by Crippen LogP contribution is -2.13. The minimum absolute atomic E-state index is 0.171. The summed E-state index contributed by atoms with van der Waals surface area (Å²) in [6.07, 6.45) is 1.21. The van der Waals surface area contributed by atoms with Gasteiger partial charge < -0.3 is 20.7 Å². The van der Waals surface area contributed by atoms with Crippen LogP contribution in [0.15, 0.2) is 42.3 Å². The lowest BCUT2D eigenvalue weighted by atomic mass is 9.93. The molecule has 6 nitrogen and oxygen atoms in total. The van der Waals surface area contributed by atoms with Crippen LogP contribution in [0.1, 0.15) is 22.3 Å². The highest BCUT2D eigenvalue weighted by molar-refractivity contribution is 6.05. The number of hydrogen-bond acceptors (Lipinski definition) is 6. The Labute approximate surface area is 120 Å². The molecule has 2 aromatic rings. The van der Waals surface area contributed by atoms with Crippen LogP contribution in [0.2, 0.25) is 0 Å². The number of ether oxygens (including phenoxy) is 1. The Morgan fingerprint density at radius 3 is 2.71 bits per heavy atom. The third kappa shape index (κ3) is 2.27. The fraction of sp³-hybridized carbons (Fsp3) is 0.0667. The predicted octanol–water partition coefficient (Wildman–Crippen LogP) is 2.83. The number of aliphatic hydroxyl groups excluding tert-OH is 2. The first kappa shape index (κ1) is 13.0. The summed E-state index contributed by atoms with van der Waals surface area (Å²) in [5.74, 6) is -0.495. The normalized spacial score (nSPS) is 14.0. The largest absolute Gasteiger partial charge is 0.508 e. The number of ketones is 1. The number of aliphatic hydroxyl groups is 2. The molecule has 0 bridgehead atoms. The molecule has 0 amide bonds. The minimum atomic E-state index is -0.367. The van der Waals surface area contributed by atoms with Crippen LogP contribution in [0, 0.1) is 0 Å².